The van der Waals surface area contributed by atoms with Crippen molar-refractivity contribution in [2.45, 2.75) is 53.0 Å². The van der Waals surface area contributed by atoms with Crippen molar-refractivity contribution in [1.82, 2.24) is 20.0 Å². The minimum Gasteiger partial charge on any atom is -0.326 e. The maximum atomic E-state index is 12.9. The first-order valence-electron chi connectivity index (χ1n) is 11.2. The first-order valence-corrected chi connectivity index (χ1v) is 11.2. The third kappa shape index (κ3) is 5.20. The Kier molecular flexibility index (Phi) is 7.48. The van der Waals surface area contributed by atoms with Crippen LogP contribution in [0.4, 0.5) is 0 Å². The van der Waals surface area contributed by atoms with E-state index < -0.39 is 0 Å². The van der Waals surface area contributed by atoms with Crippen LogP contribution in [0.5, 0.6) is 0 Å². The van der Waals surface area contributed by atoms with Gasteiger partial charge < -0.3 is 10.2 Å². The van der Waals surface area contributed by atoms with Crippen molar-refractivity contribution in [1.29, 1.82) is 0 Å². The zero-order valence-electron chi connectivity index (χ0n) is 18.9. The van der Waals surface area contributed by atoms with Crippen LogP contribution in [0.15, 0.2) is 48.8 Å². The van der Waals surface area contributed by atoms with Crippen LogP contribution in [0, 0.1) is 18.8 Å². The van der Waals surface area contributed by atoms with Gasteiger partial charge in [0.1, 0.15) is 0 Å². The van der Waals surface area contributed by atoms with Crippen molar-refractivity contribution >= 4 is 5.91 Å². The standard InChI is InChI=1S/C25H36N4O/c1-6-10-19(3)29-21(5)23(15-26-29)25(30)27-20(4)24-17-28(16-18(24)2)14-13-22-11-8-7-9-12-22/h7-9,11-12,15,18-19,24H,4,6,10,13-14,16-17H2,1-3,5H3,(H,27,30)/t18?,19?,24-/m1/s1. The van der Waals surface area contributed by atoms with Gasteiger partial charge in [0.15, 0.2) is 0 Å². The number of benzene rings is 1. The maximum absolute atomic E-state index is 12.9. The van der Waals surface area contributed by atoms with Crippen LogP contribution in [0.25, 0.3) is 0 Å². The third-order valence-electron chi connectivity index (χ3n) is 6.38. The van der Waals surface area contributed by atoms with Crippen molar-refractivity contribution in [2.24, 2.45) is 11.8 Å². The normalized spacial score (nSPS) is 20.3. The van der Waals surface area contributed by atoms with E-state index in [1.54, 1.807) is 6.20 Å². The fourth-order valence-electron chi connectivity index (χ4n) is 4.57. The van der Waals surface area contributed by atoms with Crippen LogP contribution in [-0.2, 0) is 6.42 Å². The molecule has 1 N–H and O–H groups in total. The van der Waals surface area contributed by atoms with E-state index in [4.69, 9.17) is 0 Å². The van der Waals surface area contributed by atoms with Crippen molar-refractivity contribution < 1.29 is 4.79 Å². The topological polar surface area (TPSA) is 50.2 Å². The molecule has 1 aliphatic rings. The molecular weight excluding hydrogens is 372 g/mol. The predicted molar refractivity (Wildman–Crippen MR) is 122 cm³/mol. The summed E-state index contributed by atoms with van der Waals surface area (Å²) in [5, 5.41) is 7.53. The third-order valence-corrected chi connectivity index (χ3v) is 6.38. The number of aromatic nitrogens is 2. The summed E-state index contributed by atoms with van der Waals surface area (Å²) >= 11 is 0. The first kappa shape index (κ1) is 22.3. The van der Waals surface area contributed by atoms with E-state index in [1.807, 2.05) is 11.6 Å². The van der Waals surface area contributed by atoms with Crippen molar-refractivity contribution in [3.63, 3.8) is 0 Å². The number of carbonyl (C=O) groups is 1. The van der Waals surface area contributed by atoms with Gasteiger partial charge in [-0.15, -0.1) is 0 Å². The van der Waals surface area contributed by atoms with Gasteiger partial charge in [-0.25, -0.2) is 0 Å². The summed E-state index contributed by atoms with van der Waals surface area (Å²) in [6, 6.07) is 10.9. The van der Waals surface area contributed by atoms with Gasteiger partial charge in [-0.2, -0.15) is 5.10 Å². The Labute approximate surface area is 181 Å². The molecule has 0 bridgehead atoms. The van der Waals surface area contributed by atoms with Crippen LogP contribution >= 0.6 is 0 Å². The van der Waals surface area contributed by atoms with E-state index in [-0.39, 0.29) is 11.8 Å². The SMILES string of the molecule is C=C(NC(=O)c1cnn(C(C)CCC)c1C)[C@@H]1CN(CCc2ccccc2)CC1C. The summed E-state index contributed by atoms with van der Waals surface area (Å²) < 4.78 is 1.96. The van der Waals surface area contributed by atoms with E-state index in [9.17, 15) is 4.79 Å². The fourth-order valence-corrected chi connectivity index (χ4v) is 4.57. The Balaban J connectivity index is 1.56. The highest BCUT2D eigenvalue weighted by Crippen LogP contribution is 2.28. The molecular formula is C25H36N4O. The molecule has 0 spiro atoms. The monoisotopic (exact) mass is 408 g/mol. The second-order valence-corrected chi connectivity index (χ2v) is 8.78. The summed E-state index contributed by atoms with van der Waals surface area (Å²) in [4.78, 5) is 15.4. The molecule has 0 aliphatic carbocycles. The van der Waals surface area contributed by atoms with Gasteiger partial charge in [0.05, 0.1) is 11.8 Å². The summed E-state index contributed by atoms with van der Waals surface area (Å²) in [5.41, 5.74) is 3.75. The molecule has 0 radical (unpaired) electrons. The molecule has 1 amide bonds. The number of amides is 1. The predicted octanol–water partition coefficient (Wildman–Crippen LogP) is 4.61. The lowest BCUT2D eigenvalue weighted by molar-refractivity contribution is 0.0960. The van der Waals surface area contributed by atoms with Gasteiger partial charge >= 0.3 is 0 Å². The molecule has 5 nitrogen and oxygen atoms in total. The average Bonchev–Trinajstić information content (AvgIpc) is 3.30. The van der Waals surface area contributed by atoms with E-state index in [0.717, 1.165) is 50.3 Å². The molecule has 3 atom stereocenters. The Hall–Kier alpha value is -2.40. The average molecular weight is 409 g/mol. The summed E-state index contributed by atoms with van der Waals surface area (Å²) in [6.45, 7) is 15.8. The van der Waals surface area contributed by atoms with Gasteiger partial charge in [-0.05, 0) is 38.2 Å². The van der Waals surface area contributed by atoms with Crippen molar-refractivity contribution in [3.8, 4) is 0 Å². The number of rotatable bonds is 9. The molecule has 1 aliphatic heterocycles. The zero-order valence-corrected chi connectivity index (χ0v) is 18.9. The molecule has 1 fully saturated rings. The molecule has 1 aromatic carbocycles. The van der Waals surface area contributed by atoms with Gasteiger partial charge in [0, 0.05) is 43.0 Å². The zero-order chi connectivity index (χ0) is 21.7. The van der Waals surface area contributed by atoms with E-state index in [0.29, 0.717) is 17.5 Å². The molecule has 2 unspecified atom stereocenters. The van der Waals surface area contributed by atoms with Crippen LogP contribution in [0.3, 0.4) is 0 Å². The molecule has 2 aromatic rings. The summed E-state index contributed by atoms with van der Waals surface area (Å²) in [6.07, 6.45) is 4.88. The quantitative estimate of drug-likeness (QED) is 0.659. The maximum Gasteiger partial charge on any atom is 0.258 e. The lowest BCUT2D eigenvalue weighted by atomic mass is 9.95. The fraction of sp³-hybridized carbons (Fsp3) is 0.520. The van der Waals surface area contributed by atoms with Gasteiger partial charge in [0.25, 0.3) is 5.91 Å². The highest BCUT2D eigenvalue weighted by atomic mass is 16.1. The lowest BCUT2D eigenvalue weighted by Crippen LogP contribution is -2.30. The number of nitrogens with zero attached hydrogens (tertiary/aromatic N) is 3. The summed E-state index contributed by atoms with van der Waals surface area (Å²) in [5.74, 6) is 0.656. The lowest BCUT2D eigenvalue weighted by Gasteiger charge is -2.19. The Morgan fingerprint density at radius 2 is 2.03 bits per heavy atom. The first-order chi connectivity index (χ1) is 14.4. The molecule has 5 heteroatoms. The van der Waals surface area contributed by atoms with Crippen LogP contribution in [0.2, 0.25) is 0 Å². The largest absolute Gasteiger partial charge is 0.326 e. The number of nitrogens with one attached hydrogen (secondary N) is 1. The van der Waals surface area contributed by atoms with E-state index >= 15 is 0 Å². The summed E-state index contributed by atoms with van der Waals surface area (Å²) in [7, 11) is 0. The van der Waals surface area contributed by atoms with Crippen LogP contribution in [-0.4, -0.2) is 40.2 Å². The van der Waals surface area contributed by atoms with Gasteiger partial charge in [-0.1, -0.05) is 57.2 Å². The number of carbonyl (C=O) groups excluding carboxylic acids is 1. The van der Waals surface area contributed by atoms with Crippen molar-refractivity contribution in [2.75, 3.05) is 19.6 Å². The Morgan fingerprint density at radius 3 is 2.73 bits per heavy atom. The minimum atomic E-state index is -0.0950. The van der Waals surface area contributed by atoms with Crippen molar-refractivity contribution in [3.05, 3.63) is 65.6 Å². The Bertz CT molecular complexity index is 857. The molecule has 0 saturated carbocycles. The van der Waals surface area contributed by atoms with E-state index in [1.165, 1.54) is 5.56 Å². The van der Waals surface area contributed by atoms with Gasteiger partial charge in [-0.3, -0.25) is 9.48 Å². The number of likely N-dealkylation sites (tertiary alicyclic amines) is 1. The molecule has 162 valence electrons. The second kappa shape index (κ2) is 10.1. The number of hydrogen-bond acceptors (Lipinski definition) is 3. The number of hydrogen-bond donors (Lipinski definition) is 1. The van der Waals surface area contributed by atoms with Crippen LogP contribution < -0.4 is 5.32 Å². The Morgan fingerprint density at radius 1 is 1.30 bits per heavy atom. The minimum absolute atomic E-state index is 0.0950. The highest BCUT2D eigenvalue weighted by molar-refractivity contribution is 5.96. The molecule has 2 heterocycles. The molecule has 30 heavy (non-hydrogen) atoms. The smallest absolute Gasteiger partial charge is 0.258 e. The second-order valence-electron chi connectivity index (χ2n) is 8.78. The molecule has 3 rings (SSSR count). The van der Waals surface area contributed by atoms with Gasteiger partial charge in [0.2, 0.25) is 0 Å². The highest BCUT2D eigenvalue weighted by Gasteiger charge is 2.32. The van der Waals surface area contributed by atoms with Crippen LogP contribution in [0.1, 0.15) is 61.3 Å². The van der Waals surface area contributed by atoms with E-state index in [2.05, 4.69) is 73.0 Å². The molecule has 1 saturated heterocycles. The molecule has 1 aromatic heterocycles.